The van der Waals surface area contributed by atoms with E-state index in [2.05, 4.69) is 21.2 Å². The summed E-state index contributed by atoms with van der Waals surface area (Å²) in [5.74, 6) is -1.05. The number of rotatable bonds is 3. The van der Waals surface area contributed by atoms with Crippen molar-refractivity contribution in [3.63, 3.8) is 0 Å². The van der Waals surface area contributed by atoms with E-state index in [4.69, 9.17) is 22.4 Å². The number of nitrogens with two attached hydrogens (primary N) is 1. The van der Waals surface area contributed by atoms with Gasteiger partial charge in [0.25, 0.3) is 0 Å². The molecule has 0 atom stereocenters. The molecule has 2 aromatic rings. The first kappa shape index (κ1) is 13.7. The SMILES string of the molecule is Nc1cccc(C(=O)O)c1Nc1cc(Br)ccc1Cl. The molecule has 0 amide bonds. The molecule has 0 spiro atoms. The molecule has 0 bridgehead atoms. The van der Waals surface area contributed by atoms with Crippen molar-refractivity contribution in [3.05, 3.63) is 51.5 Å². The van der Waals surface area contributed by atoms with Crippen LogP contribution in [0.1, 0.15) is 10.4 Å². The normalized spacial score (nSPS) is 10.2. The Kier molecular flexibility index (Phi) is 3.97. The predicted molar refractivity (Wildman–Crippen MR) is 80.2 cm³/mol. The van der Waals surface area contributed by atoms with Crippen LogP contribution in [-0.2, 0) is 0 Å². The monoisotopic (exact) mass is 340 g/mol. The minimum absolute atomic E-state index is 0.0936. The zero-order valence-corrected chi connectivity index (χ0v) is 12.0. The van der Waals surface area contributed by atoms with Crippen molar-refractivity contribution in [2.75, 3.05) is 11.1 Å². The van der Waals surface area contributed by atoms with Gasteiger partial charge in [0.2, 0.25) is 0 Å². The molecular formula is C13H10BrClN2O2. The molecule has 2 aromatic carbocycles. The van der Waals surface area contributed by atoms with E-state index in [1.165, 1.54) is 6.07 Å². The first-order valence-electron chi connectivity index (χ1n) is 5.33. The summed E-state index contributed by atoms with van der Waals surface area (Å²) in [6.07, 6.45) is 0. The molecule has 0 aromatic heterocycles. The summed E-state index contributed by atoms with van der Waals surface area (Å²) in [6, 6.07) is 9.94. The van der Waals surface area contributed by atoms with Gasteiger partial charge in [-0.3, -0.25) is 0 Å². The topological polar surface area (TPSA) is 75.4 Å². The van der Waals surface area contributed by atoms with Crippen molar-refractivity contribution in [2.24, 2.45) is 0 Å². The van der Waals surface area contributed by atoms with Gasteiger partial charge >= 0.3 is 5.97 Å². The summed E-state index contributed by atoms with van der Waals surface area (Å²) < 4.78 is 0.825. The van der Waals surface area contributed by atoms with E-state index in [1.807, 2.05) is 0 Å². The fraction of sp³-hybridized carbons (Fsp3) is 0. The number of nitrogens with one attached hydrogen (secondary N) is 1. The summed E-state index contributed by atoms with van der Waals surface area (Å²) in [7, 11) is 0. The third kappa shape index (κ3) is 3.00. The van der Waals surface area contributed by atoms with Crippen molar-refractivity contribution in [3.8, 4) is 0 Å². The molecule has 98 valence electrons. The average molecular weight is 342 g/mol. The fourth-order valence-corrected chi connectivity index (χ4v) is 2.14. The van der Waals surface area contributed by atoms with Gasteiger partial charge in [0.05, 0.1) is 27.6 Å². The zero-order chi connectivity index (χ0) is 14.0. The lowest BCUT2D eigenvalue weighted by Gasteiger charge is -2.13. The maximum Gasteiger partial charge on any atom is 0.337 e. The highest BCUT2D eigenvalue weighted by Gasteiger charge is 2.13. The van der Waals surface area contributed by atoms with Crippen molar-refractivity contribution in [1.29, 1.82) is 0 Å². The van der Waals surface area contributed by atoms with Crippen LogP contribution in [0.5, 0.6) is 0 Å². The van der Waals surface area contributed by atoms with Crippen molar-refractivity contribution in [1.82, 2.24) is 0 Å². The van der Waals surface area contributed by atoms with E-state index >= 15 is 0 Å². The maximum atomic E-state index is 11.2. The maximum absolute atomic E-state index is 11.2. The number of hydrogen-bond donors (Lipinski definition) is 3. The van der Waals surface area contributed by atoms with Gasteiger partial charge < -0.3 is 16.2 Å². The van der Waals surface area contributed by atoms with Crippen LogP contribution in [-0.4, -0.2) is 11.1 Å². The molecule has 4 nitrogen and oxygen atoms in total. The van der Waals surface area contributed by atoms with Gasteiger partial charge in [-0.25, -0.2) is 4.79 Å². The van der Waals surface area contributed by atoms with Crippen molar-refractivity contribution >= 4 is 50.6 Å². The third-order valence-corrected chi connectivity index (χ3v) is 3.34. The molecule has 0 saturated carbocycles. The molecule has 0 radical (unpaired) electrons. The number of aromatic carboxylic acids is 1. The average Bonchev–Trinajstić information content (AvgIpc) is 2.35. The Morgan fingerprint density at radius 3 is 2.74 bits per heavy atom. The molecule has 0 aliphatic rings. The predicted octanol–water partition coefficient (Wildman–Crippen LogP) is 4.13. The second-order valence-corrected chi connectivity index (χ2v) is 5.15. The first-order chi connectivity index (χ1) is 8.99. The van der Waals surface area contributed by atoms with Crippen LogP contribution in [0.3, 0.4) is 0 Å². The number of anilines is 3. The number of carbonyl (C=O) groups is 1. The zero-order valence-electron chi connectivity index (χ0n) is 9.65. The second-order valence-electron chi connectivity index (χ2n) is 3.82. The lowest BCUT2D eigenvalue weighted by Crippen LogP contribution is -2.05. The number of para-hydroxylation sites is 1. The Balaban J connectivity index is 2.49. The van der Waals surface area contributed by atoms with Crippen LogP contribution in [0, 0.1) is 0 Å². The second kappa shape index (κ2) is 5.50. The Hall–Kier alpha value is -1.72. The minimum Gasteiger partial charge on any atom is -0.478 e. The standard InChI is InChI=1S/C13H10BrClN2O2/c14-7-4-5-9(15)11(6-7)17-12-8(13(18)19)2-1-3-10(12)16/h1-6,17H,16H2,(H,18,19). The third-order valence-electron chi connectivity index (χ3n) is 2.52. The highest BCUT2D eigenvalue weighted by atomic mass is 79.9. The Morgan fingerprint density at radius 1 is 1.32 bits per heavy atom. The molecule has 2 rings (SSSR count). The Labute approximate surface area is 123 Å². The van der Waals surface area contributed by atoms with E-state index in [1.54, 1.807) is 30.3 Å². The smallest absolute Gasteiger partial charge is 0.337 e. The van der Waals surface area contributed by atoms with E-state index in [0.717, 1.165) is 4.47 Å². The number of carboxylic acid groups (broad SMARTS) is 1. The molecule has 19 heavy (non-hydrogen) atoms. The summed E-state index contributed by atoms with van der Waals surface area (Å²) in [5.41, 5.74) is 7.16. The van der Waals surface area contributed by atoms with Crippen LogP contribution >= 0.6 is 27.5 Å². The fourth-order valence-electron chi connectivity index (χ4n) is 1.62. The van der Waals surface area contributed by atoms with Crippen LogP contribution in [0.15, 0.2) is 40.9 Å². The Morgan fingerprint density at radius 2 is 2.05 bits per heavy atom. The van der Waals surface area contributed by atoms with Crippen LogP contribution < -0.4 is 11.1 Å². The Bertz CT molecular complexity index is 647. The lowest BCUT2D eigenvalue weighted by atomic mass is 10.1. The molecule has 0 unspecified atom stereocenters. The number of halogens is 2. The van der Waals surface area contributed by atoms with Crippen molar-refractivity contribution in [2.45, 2.75) is 0 Å². The van der Waals surface area contributed by atoms with Gasteiger partial charge in [-0.1, -0.05) is 33.6 Å². The van der Waals surface area contributed by atoms with Gasteiger partial charge in [-0.15, -0.1) is 0 Å². The molecule has 4 N–H and O–H groups in total. The molecule has 0 fully saturated rings. The van der Waals surface area contributed by atoms with Crippen LogP contribution in [0.4, 0.5) is 17.1 Å². The van der Waals surface area contributed by atoms with E-state index in [0.29, 0.717) is 22.1 Å². The molecular weight excluding hydrogens is 332 g/mol. The number of hydrogen-bond acceptors (Lipinski definition) is 3. The van der Waals surface area contributed by atoms with Gasteiger partial charge in [-0.2, -0.15) is 0 Å². The molecule has 0 heterocycles. The van der Waals surface area contributed by atoms with E-state index in [-0.39, 0.29) is 5.56 Å². The molecule has 0 aliphatic heterocycles. The summed E-state index contributed by atoms with van der Waals surface area (Å²) in [6.45, 7) is 0. The van der Waals surface area contributed by atoms with Gasteiger partial charge in [0.15, 0.2) is 0 Å². The van der Waals surface area contributed by atoms with Gasteiger partial charge in [0, 0.05) is 4.47 Å². The quantitative estimate of drug-likeness (QED) is 0.734. The van der Waals surface area contributed by atoms with E-state index < -0.39 is 5.97 Å². The summed E-state index contributed by atoms with van der Waals surface area (Å²) in [5, 5.41) is 12.6. The molecule has 6 heteroatoms. The van der Waals surface area contributed by atoms with Crippen molar-refractivity contribution < 1.29 is 9.90 Å². The number of benzene rings is 2. The summed E-state index contributed by atoms with van der Waals surface area (Å²) in [4.78, 5) is 11.2. The van der Waals surface area contributed by atoms with Gasteiger partial charge in [0.1, 0.15) is 0 Å². The highest BCUT2D eigenvalue weighted by Crippen LogP contribution is 2.32. The largest absolute Gasteiger partial charge is 0.478 e. The first-order valence-corrected chi connectivity index (χ1v) is 6.50. The number of nitrogen functional groups attached to an aromatic ring is 1. The number of carboxylic acids is 1. The lowest BCUT2D eigenvalue weighted by molar-refractivity contribution is 0.0698. The molecule has 0 aliphatic carbocycles. The van der Waals surface area contributed by atoms with Crippen LogP contribution in [0.2, 0.25) is 5.02 Å². The minimum atomic E-state index is -1.05. The van der Waals surface area contributed by atoms with E-state index in [9.17, 15) is 4.79 Å². The van der Waals surface area contributed by atoms with Crippen LogP contribution in [0.25, 0.3) is 0 Å². The van der Waals surface area contributed by atoms with Gasteiger partial charge in [-0.05, 0) is 30.3 Å². The highest BCUT2D eigenvalue weighted by molar-refractivity contribution is 9.10. The molecule has 0 saturated heterocycles. The summed E-state index contributed by atoms with van der Waals surface area (Å²) >= 11 is 9.39.